The summed E-state index contributed by atoms with van der Waals surface area (Å²) in [7, 11) is 1.86. The number of nitrogens with one attached hydrogen (secondary N) is 1. The van der Waals surface area contributed by atoms with Gasteiger partial charge in [0.15, 0.2) is 0 Å². The molecule has 21 heavy (non-hydrogen) atoms. The maximum Gasteiger partial charge on any atom is 0.0888 e. The van der Waals surface area contributed by atoms with Gasteiger partial charge in [-0.2, -0.15) is 5.10 Å². The lowest BCUT2D eigenvalue weighted by Gasteiger charge is -2.44. The quantitative estimate of drug-likeness (QED) is 0.838. The lowest BCUT2D eigenvalue weighted by atomic mass is 9.74. The van der Waals surface area contributed by atoms with E-state index in [0.29, 0.717) is 0 Å². The first-order chi connectivity index (χ1) is 10.1. The Bertz CT molecular complexity index is 452. The molecule has 1 aromatic rings. The van der Waals surface area contributed by atoms with Crippen molar-refractivity contribution in [2.75, 3.05) is 13.7 Å². The third kappa shape index (κ3) is 3.35. The molecule has 0 aromatic carbocycles. The Balaban J connectivity index is 2.39. The van der Waals surface area contributed by atoms with Crippen LogP contribution < -0.4 is 5.32 Å². The molecule has 1 saturated carbocycles. The number of rotatable bonds is 6. The molecule has 0 aliphatic heterocycles. The average Bonchev–Trinajstić information content (AvgIpc) is 2.87. The molecule has 0 saturated heterocycles. The summed E-state index contributed by atoms with van der Waals surface area (Å²) in [6.45, 7) is 8.43. The van der Waals surface area contributed by atoms with Gasteiger partial charge in [0.2, 0.25) is 0 Å². The fourth-order valence-corrected chi connectivity index (χ4v) is 4.03. The zero-order valence-corrected chi connectivity index (χ0v) is 15.2. The highest BCUT2D eigenvalue weighted by Gasteiger charge is 2.44. The SMILES string of the molecule is CCNC(c1c(Br)cnn1CC)C1(OC)CCC(C)CC1. The number of aromatic nitrogens is 2. The summed E-state index contributed by atoms with van der Waals surface area (Å²) in [6, 6.07) is 0.178. The van der Waals surface area contributed by atoms with E-state index in [1.165, 1.54) is 18.5 Å². The lowest BCUT2D eigenvalue weighted by molar-refractivity contribution is -0.0777. The van der Waals surface area contributed by atoms with Crippen molar-refractivity contribution in [3.05, 3.63) is 16.4 Å². The van der Waals surface area contributed by atoms with Gasteiger partial charge in [-0.3, -0.25) is 4.68 Å². The molecule has 1 aromatic heterocycles. The first kappa shape index (κ1) is 17.0. The highest BCUT2D eigenvalue weighted by molar-refractivity contribution is 9.10. The van der Waals surface area contributed by atoms with Gasteiger partial charge in [0.05, 0.1) is 28.0 Å². The smallest absolute Gasteiger partial charge is 0.0888 e. The molecule has 120 valence electrons. The van der Waals surface area contributed by atoms with Crippen molar-refractivity contribution >= 4 is 15.9 Å². The zero-order chi connectivity index (χ0) is 15.5. The standard InChI is InChI=1S/C16H28BrN3O/c1-5-18-15(14-13(17)11-19-20(14)6-2)16(21-4)9-7-12(3)8-10-16/h11-12,15,18H,5-10H2,1-4H3. The van der Waals surface area contributed by atoms with Crippen LogP contribution in [0.2, 0.25) is 0 Å². The summed E-state index contributed by atoms with van der Waals surface area (Å²) < 4.78 is 9.25. The van der Waals surface area contributed by atoms with Crippen LogP contribution in [-0.4, -0.2) is 29.0 Å². The van der Waals surface area contributed by atoms with Crippen molar-refractivity contribution in [1.29, 1.82) is 0 Å². The monoisotopic (exact) mass is 357 g/mol. The predicted octanol–water partition coefficient (Wildman–Crippen LogP) is 3.91. The Hall–Kier alpha value is -0.390. The molecule has 1 aliphatic carbocycles. The van der Waals surface area contributed by atoms with E-state index in [1.54, 1.807) is 0 Å². The van der Waals surface area contributed by atoms with Crippen molar-refractivity contribution in [2.45, 2.75) is 64.6 Å². The summed E-state index contributed by atoms with van der Waals surface area (Å²) in [5.41, 5.74) is 1.09. The normalized spacial score (nSPS) is 27.8. The van der Waals surface area contributed by atoms with Crippen molar-refractivity contribution in [1.82, 2.24) is 15.1 Å². The average molecular weight is 358 g/mol. The molecule has 1 N–H and O–H groups in total. The topological polar surface area (TPSA) is 39.1 Å². The van der Waals surface area contributed by atoms with Gasteiger partial charge in [-0.05, 0) is 61.0 Å². The lowest BCUT2D eigenvalue weighted by Crippen LogP contribution is -2.48. The number of methoxy groups -OCH3 is 1. The maximum absolute atomic E-state index is 6.10. The van der Waals surface area contributed by atoms with Gasteiger partial charge in [-0.25, -0.2) is 0 Å². The fraction of sp³-hybridized carbons (Fsp3) is 0.812. The number of nitrogens with zero attached hydrogens (tertiary/aromatic N) is 2. The molecule has 1 fully saturated rings. The zero-order valence-electron chi connectivity index (χ0n) is 13.7. The molecule has 1 atom stereocenters. The summed E-state index contributed by atoms with van der Waals surface area (Å²) in [4.78, 5) is 0. The molecule has 1 aliphatic rings. The first-order valence-electron chi connectivity index (χ1n) is 8.07. The van der Waals surface area contributed by atoms with E-state index in [4.69, 9.17) is 4.74 Å². The first-order valence-corrected chi connectivity index (χ1v) is 8.87. The van der Waals surface area contributed by atoms with Gasteiger partial charge < -0.3 is 10.1 Å². The second-order valence-electron chi connectivity index (χ2n) is 6.14. The Morgan fingerprint density at radius 1 is 1.48 bits per heavy atom. The Morgan fingerprint density at radius 2 is 2.14 bits per heavy atom. The van der Waals surface area contributed by atoms with Crippen LogP contribution in [0.3, 0.4) is 0 Å². The van der Waals surface area contributed by atoms with Gasteiger partial charge in [0.1, 0.15) is 0 Å². The molecule has 1 unspecified atom stereocenters. The van der Waals surface area contributed by atoms with Crippen LogP contribution in [0.15, 0.2) is 10.7 Å². The molecule has 0 bridgehead atoms. The summed E-state index contributed by atoms with van der Waals surface area (Å²) in [5, 5.41) is 8.15. The van der Waals surface area contributed by atoms with Crippen LogP contribution in [0.25, 0.3) is 0 Å². The van der Waals surface area contributed by atoms with E-state index >= 15 is 0 Å². The van der Waals surface area contributed by atoms with Crippen LogP contribution in [0, 0.1) is 5.92 Å². The molecule has 0 spiro atoms. The van der Waals surface area contributed by atoms with Gasteiger partial charge in [0.25, 0.3) is 0 Å². The summed E-state index contributed by atoms with van der Waals surface area (Å²) in [6.07, 6.45) is 6.56. The van der Waals surface area contributed by atoms with Crippen LogP contribution in [0.5, 0.6) is 0 Å². The number of aryl methyl sites for hydroxylation is 1. The minimum atomic E-state index is -0.127. The summed E-state index contributed by atoms with van der Waals surface area (Å²) >= 11 is 3.68. The molecular formula is C16H28BrN3O. The van der Waals surface area contributed by atoms with E-state index in [2.05, 4.69) is 51.8 Å². The molecule has 0 radical (unpaired) electrons. The van der Waals surface area contributed by atoms with Crippen LogP contribution in [-0.2, 0) is 11.3 Å². The minimum absolute atomic E-state index is 0.127. The highest BCUT2D eigenvalue weighted by atomic mass is 79.9. The Morgan fingerprint density at radius 3 is 2.67 bits per heavy atom. The molecule has 2 rings (SSSR count). The van der Waals surface area contributed by atoms with E-state index in [-0.39, 0.29) is 11.6 Å². The summed E-state index contributed by atoms with van der Waals surface area (Å²) in [5.74, 6) is 0.801. The predicted molar refractivity (Wildman–Crippen MR) is 89.4 cm³/mol. The number of likely N-dealkylation sites (N-methyl/N-ethyl adjacent to an activating group) is 1. The number of ether oxygens (including phenoxy) is 1. The minimum Gasteiger partial charge on any atom is -0.376 e. The van der Waals surface area contributed by atoms with E-state index in [0.717, 1.165) is 36.3 Å². The van der Waals surface area contributed by atoms with Crippen molar-refractivity contribution < 1.29 is 4.74 Å². The number of hydrogen-bond acceptors (Lipinski definition) is 3. The van der Waals surface area contributed by atoms with Gasteiger partial charge in [-0.15, -0.1) is 0 Å². The third-order valence-corrected chi connectivity index (χ3v) is 5.48. The van der Waals surface area contributed by atoms with E-state index in [9.17, 15) is 0 Å². The molecule has 4 nitrogen and oxygen atoms in total. The third-order valence-electron chi connectivity index (χ3n) is 4.87. The highest BCUT2D eigenvalue weighted by Crippen LogP contribution is 2.44. The number of hydrogen-bond donors (Lipinski definition) is 1. The largest absolute Gasteiger partial charge is 0.376 e. The van der Waals surface area contributed by atoms with Gasteiger partial charge >= 0.3 is 0 Å². The van der Waals surface area contributed by atoms with Crippen molar-refractivity contribution in [2.24, 2.45) is 5.92 Å². The Kier molecular flexibility index (Phi) is 5.86. The molecule has 5 heteroatoms. The maximum atomic E-state index is 6.10. The van der Waals surface area contributed by atoms with Gasteiger partial charge in [0, 0.05) is 13.7 Å². The second-order valence-corrected chi connectivity index (χ2v) is 6.99. The molecular weight excluding hydrogens is 330 g/mol. The van der Waals surface area contributed by atoms with E-state index < -0.39 is 0 Å². The van der Waals surface area contributed by atoms with Gasteiger partial charge in [-0.1, -0.05) is 13.8 Å². The van der Waals surface area contributed by atoms with Crippen LogP contribution >= 0.6 is 15.9 Å². The molecule has 0 amide bonds. The number of halogens is 1. The molecule has 1 heterocycles. The van der Waals surface area contributed by atoms with Crippen LogP contribution in [0.1, 0.15) is 58.2 Å². The van der Waals surface area contributed by atoms with Crippen LogP contribution in [0.4, 0.5) is 0 Å². The van der Waals surface area contributed by atoms with Crippen molar-refractivity contribution in [3.8, 4) is 0 Å². The van der Waals surface area contributed by atoms with Crippen molar-refractivity contribution in [3.63, 3.8) is 0 Å². The Labute approximate surface area is 136 Å². The fourth-order valence-electron chi connectivity index (χ4n) is 3.51. The van der Waals surface area contributed by atoms with E-state index in [1.807, 2.05) is 13.3 Å². The second kappa shape index (κ2) is 7.25.